The van der Waals surface area contributed by atoms with Gasteiger partial charge in [0.05, 0.1) is 32.6 Å². The monoisotopic (exact) mass is 573 g/mol. The normalized spacial score (nSPS) is 13.6. The van der Waals surface area contributed by atoms with Gasteiger partial charge in [-0.1, -0.05) is 0 Å². The van der Waals surface area contributed by atoms with Crippen molar-refractivity contribution in [3.63, 3.8) is 0 Å². The van der Waals surface area contributed by atoms with Crippen LogP contribution in [0.1, 0.15) is 24.0 Å². The van der Waals surface area contributed by atoms with Crippen LogP contribution in [0, 0.1) is 0 Å². The van der Waals surface area contributed by atoms with Crippen LogP contribution in [-0.2, 0) is 12.7 Å². The van der Waals surface area contributed by atoms with Crippen molar-refractivity contribution in [3.8, 4) is 28.5 Å². The van der Waals surface area contributed by atoms with Crippen molar-refractivity contribution in [2.75, 3.05) is 39.3 Å². The standard InChI is InChI=1S/C27H30F3N3O3.2ClH/c1-34-24-15-19(16-25(35-2)26(24)36-3)23-14-18(8-13-32-23)17-33(22-9-11-31-12-10-22)21-6-4-20(5-7-21)27(28,29)30;;/h4-8,13-16,22,31H,9-12,17H2,1-3H3;2*1H. The summed E-state index contributed by atoms with van der Waals surface area (Å²) in [5.74, 6) is 1.56. The summed E-state index contributed by atoms with van der Waals surface area (Å²) in [5, 5.41) is 3.36. The highest BCUT2D eigenvalue weighted by Gasteiger charge is 2.30. The number of piperidine rings is 1. The highest BCUT2D eigenvalue weighted by molar-refractivity contribution is 5.85. The molecule has 0 aliphatic carbocycles. The van der Waals surface area contributed by atoms with Gasteiger partial charge in [0.25, 0.3) is 0 Å². The topological polar surface area (TPSA) is 55.9 Å². The molecule has 1 aliphatic rings. The van der Waals surface area contributed by atoms with Gasteiger partial charge in [0.2, 0.25) is 5.75 Å². The van der Waals surface area contributed by atoms with Gasteiger partial charge in [-0.05, 0) is 80.0 Å². The Morgan fingerprint density at radius 1 is 0.895 bits per heavy atom. The van der Waals surface area contributed by atoms with E-state index in [9.17, 15) is 13.2 Å². The summed E-state index contributed by atoms with van der Waals surface area (Å²) in [5.41, 5.74) is 2.64. The number of ether oxygens (including phenoxy) is 3. The fourth-order valence-electron chi connectivity index (χ4n) is 4.55. The Labute approximate surface area is 233 Å². The Hall–Kier alpha value is -2.88. The van der Waals surface area contributed by atoms with Crippen molar-refractivity contribution in [1.82, 2.24) is 10.3 Å². The molecule has 1 aliphatic heterocycles. The molecule has 208 valence electrons. The van der Waals surface area contributed by atoms with E-state index >= 15 is 0 Å². The molecule has 6 nitrogen and oxygen atoms in total. The molecule has 2 aromatic carbocycles. The predicted molar refractivity (Wildman–Crippen MR) is 147 cm³/mol. The number of anilines is 1. The Morgan fingerprint density at radius 2 is 1.50 bits per heavy atom. The van der Waals surface area contributed by atoms with Crippen LogP contribution in [0.2, 0.25) is 0 Å². The number of hydrogen-bond acceptors (Lipinski definition) is 6. The maximum absolute atomic E-state index is 13.1. The molecule has 0 atom stereocenters. The lowest BCUT2D eigenvalue weighted by Crippen LogP contribution is -2.43. The van der Waals surface area contributed by atoms with E-state index in [-0.39, 0.29) is 30.9 Å². The lowest BCUT2D eigenvalue weighted by Gasteiger charge is -2.36. The van der Waals surface area contributed by atoms with Crippen LogP contribution in [0.15, 0.2) is 54.7 Å². The number of hydrogen-bond donors (Lipinski definition) is 1. The molecule has 0 unspecified atom stereocenters. The van der Waals surface area contributed by atoms with E-state index in [1.165, 1.54) is 0 Å². The molecule has 0 radical (unpaired) electrons. The summed E-state index contributed by atoms with van der Waals surface area (Å²) in [6.07, 6.45) is -0.808. The van der Waals surface area contributed by atoms with Crippen LogP contribution in [0.4, 0.5) is 18.9 Å². The highest BCUT2D eigenvalue weighted by atomic mass is 35.5. The average Bonchev–Trinajstić information content (AvgIpc) is 2.91. The van der Waals surface area contributed by atoms with Crippen LogP contribution in [0.3, 0.4) is 0 Å². The van der Waals surface area contributed by atoms with Gasteiger partial charge in [0.1, 0.15) is 0 Å². The van der Waals surface area contributed by atoms with Crippen LogP contribution in [0.5, 0.6) is 17.2 Å². The summed E-state index contributed by atoms with van der Waals surface area (Å²) in [6.45, 7) is 2.28. The van der Waals surface area contributed by atoms with Crippen LogP contribution >= 0.6 is 24.8 Å². The largest absolute Gasteiger partial charge is 0.493 e. The second-order valence-corrected chi connectivity index (χ2v) is 8.62. The maximum Gasteiger partial charge on any atom is 0.416 e. The minimum Gasteiger partial charge on any atom is -0.493 e. The summed E-state index contributed by atoms with van der Waals surface area (Å²) >= 11 is 0. The van der Waals surface area contributed by atoms with Crippen molar-refractivity contribution in [2.24, 2.45) is 0 Å². The van der Waals surface area contributed by atoms with E-state index in [0.29, 0.717) is 23.8 Å². The first-order chi connectivity index (χ1) is 17.3. The molecule has 3 aromatic rings. The van der Waals surface area contributed by atoms with Crippen LogP contribution in [0.25, 0.3) is 11.3 Å². The molecule has 0 spiro atoms. The molecule has 0 bridgehead atoms. The number of pyridine rings is 1. The van der Waals surface area contributed by atoms with Gasteiger partial charge in [0, 0.05) is 30.0 Å². The van der Waals surface area contributed by atoms with Crippen LogP contribution in [-0.4, -0.2) is 45.4 Å². The third kappa shape index (κ3) is 7.15. The second-order valence-electron chi connectivity index (χ2n) is 8.62. The van der Waals surface area contributed by atoms with Gasteiger partial charge in [0.15, 0.2) is 11.5 Å². The lowest BCUT2D eigenvalue weighted by molar-refractivity contribution is -0.137. The number of nitrogens with one attached hydrogen (secondary N) is 1. The number of halogens is 5. The third-order valence-electron chi connectivity index (χ3n) is 6.41. The smallest absolute Gasteiger partial charge is 0.416 e. The molecule has 1 saturated heterocycles. The number of methoxy groups -OCH3 is 3. The van der Waals surface area contributed by atoms with Gasteiger partial charge < -0.3 is 24.4 Å². The van der Waals surface area contributed by atoms with E-state index in [4.69, 9.17) is 14.2 Å². The predicted octanol–water partition coefficient (Wildman–Crippen LogP) is 6.40. The number of rotatable bonds is 8. The maximum atomic E-state index is 13.1. The van der Waals surface area contributed by atoms with Gasteiger partial charge >= 0.3 is 6.18 Å². The number of benzene rings is 2. The fraction of sp³-hybridized carbons (Fsp3) is 0.370. The van der Waals surface area contributed by atoms with Crippen LogP contribution < -0.4 is 24.4 Å². The fourth-order valence-corrected chi connectivity index (χ4v) is 4.55. The number of nitrogens with zero attached hydrogens (tertiary/aromatic N) is 2. The van der Waals surface area contributed by atoms with Crippen molar-refractivity contribution in [1.29, 1.82) is 0 Å². The Morgan fingerprint density at radius 3 is 2.03 bits per heavy atom. The molecule has 2 heterocycles. The van der Waals surface area contributed by atoms with Gasteiger partial charge in [-0.3, -0.25) is 4.98 Å². The van der Waals surface area contributed by atoms with E-state index in [2.05, 4.69) is 15.2 Å². The van der Waals surface area contributed by atoms with Crippen molar-refractivity contribution < 1.29 is 27.4 Å². The molecular weight excluding hydrogens is 542 g/mol. The minimum atomic E-state index is -4.36. The quantitative estimate of drug-likeness (QED) is 0.336. The van der Waals surface area contributed by atoms with E-state index in [1.54, 1.807) is 39.7 Å². The minimum absolute atomic E-state index is 0. The molecule has 11 heteroatoms. The first-order valence-electron chi connectivity index (χ1n) is 11.7. The van der Waals surface area contributed by atoms with Gasteiger partial charge in [-0.2, -0.15) is 13.2 Å². The molecule has 1 fully saturated rings. The highest BCUT2D eigenvalue weighted by Crippen LogP contribution is 2.41. The Bertz CT molecular complexity index is 1150. The Balaban J connectivity index is 0.00000253. The van der Waals surface area contributed by atoms with Crippen molar-refractivity contribution >= 4 is 30.5 Å². The molecule has 0 amide bonds. The molecule has 0 saturated carbocycles. The van der Waals surface area contributed by atoms with E-state index in [0.717, 1.165) is 60.6 Å². The van der Waals surface area contributed by atoms with Crippen molar-refractivity contribution in [2.45, 2.75) is 31.6 Å². The first kappa shape index (κ1) is 31.3. The van der Waals surface area contributed by atoms with E-state index < -0.39 is 11.7 Å². The van der Waals surface area contributed by atoms with Gasteiger partial charge in [-0.25, -0.2) is 0 Å². The number of aromatic nitrogens is 1. The first-order valence-corrected chi connectivity index (χ1v) is 11.7. The summed E-state index contributed by atoms with van der Waals surface area (Å²) in [7, 11) is 4.67. The van der Waals surface area contributed by atoms with Gasteiger partial charge in [-0.15, -0.1) is 24.8 Å². The molecule has 38 heavy (non-hydrogen) atoms. The zero-order chi connectivity index (χ0) is 25.7. The second kappa shape index (κ2) is 13.8. The van der Waals surface area contributed by atoms with Crippen molar-refractivity contribution in [3.05, 3.63) is 65.9 Å². The summed E-state index contributed by atoms with van der Waals surface area (Å²) in [4.78, 5) is 6.73. The molecule has 4 rings (SSSR count). The molecular formula is C27H32Cl2F3N3O3. The summed E-state index contributed by atoms with van der Waals surface area (Å²) in [6, 6.07) is 13.2. The third-order valence-corrected chi connectivity index (χ3v) is 6.41. The lowest BCUT2D eigenvalue weighted by atomic mass is 10.0. The number of alkyl halides is 3. The Kier molecular flexibility index (Phi) is 11.4. The SMILES string of the molecule is COc1cc(-c2cc(CN(c3ccc(C(F)(F)F)cc3)C3CCNCC3)ccn2)cc(OC)c1OC.Cl.Cl. The summed E-state index contributed by atoms with van der Waals surface area (Å²) < 4.78 is 55.8. The molecule has 1 N–H and O–H groups in total. The zero-order valence-corrected chi connectivity index (χ0v) is 23.0. The molecule has 1 aromatic heterocycles. The van der Waals surface area contributed by atoms with E-state index in [1.807, 2.05) is 24.3 Å². The zero-order valence-electron chi connectivity index (χ0n) is 21.4. The average molecular weight is 574 g/mol.